The van der Waals surface area contributed by atoms with E-state index in [-0.39, 0.29) is 0 Å². The number of allylic oxidation sites excluding steroid dienone is 2. The van der Waals surface area contributed by atoms with Crippen LogP contribution in [0.25, 0.3) is 0 Å². The normalized spacial score (nSPS) is 23.5. The lowest BCUT2D eigenvalue weighted by molar-refractivity contribution is 0.0868. The van der Waals surface area contributed by atoms with Crippen LogP contribution in [0.15, 0.2) is 12.2 Å². The van der Waals surface area contributed by atoms with E-state index in [9.17, 15) is 0 Å². The number of nitrogens with zero attached hydrogens (tertiary/aromatic N) is 2. The molecule has 2 heteroatoms. The number of rotatable bonds is 10. The third-order valence-corrected chi connectivity index (χ3v) is 6.75. The van der Waals surface area contributed by atoms with Gasteiger partial charge >= 0.3 is 0 Å². The van der Waals surface area contributed by atoms with Gasteiger partial charge in [-0.2, -0.15) is 0 Å². The third kappa shape index (κ3) is 7.06. The molecule has 25 heavy (non-hydrogen) atoms. The zero-order chi connectivity index (χ0) is 18.0. The molecule has 2 nitrogen and oxygen atoms in total. The molecule has 0 saturated carbocycles. The Balaban J connectivity index is 1.68. The summed E-state index contributed by atoms with van der Waals surface area (Å²) in [6.07, 6.45) is 18.6. The second-order valence-electron chi connectivity index (χ2n) is 8.75. The van der Waals surface area contributed by atoms with E-state index in [4.69, 9.17) is 0 Å². The summed E-state index contributed by atoms with van der Waals surface area (Å²) in [5.41, 5.74) is 0.614. The maximum absolute atomic E-state index is 2.77. The van der Waals surface area contributed by atoms with E-state index >= 15 is 0 Å². The van der Waals surface area contributed by atoms with Crippen LogP contribution in [0.1, 0.15) is 85.0 Å². The molecule has 2 aliphatic rings. The van der Waals surface area contributed by atoms with Crippen LogP contribution in [-0.4, -0.2) is 49.1 Å². The highest BCUT2D eigenvalue weighted by atomic mass is 15.1. The van der Waals surface area contributed by atoms with E-state index < -0.39 is 0 Å². The lowest BCUT2D eigenvalue weighted by Crippen LogP contribution is -2.41. The Labute approximate surface area is 158 Å². The van der Waals surface area contributed by atoms with Crippen LogP contribution in [-0.2, 0) is 0 Å². The van der Waals surface area contributed by atoms with E-state index in [1.165, 1.54) is 103 Å². The van der Waals surface area contributed by atoms with Crippen LogP contribution < -0.4 is 0 Å². The topological polar surface area (TPSA) is 6.48 Å². The summed E-state index contributed by atoms with van der Waals surface area (Å²) in [6.45, 7) is 15.0. The van der Waals surface area contributed by atoms with Crippen LogP contribution >= 0.6 is 0 Å². The monoisotopic (exact) mass is 348 g/mol. The van der Waals surface area contributed by atoms with Crippen molar-refractivity contribution >= 4 is 0 Å². The van der Waals surface area contributed by atoms with E-state index in [0.717, 1.165) is 5.92 Å². The first-order valence-electron chi connectivity index (χ1n) is 11.3. The Morgan fingerprint density at radius 2 is 1.52 bits per heavy atom. The first kappa shape index (κ1) is 21.0. The maximum atomic E-state index is 2.77. The van der Waals surface area contributed by atoms with Crippen LogP contribution in [0.4, 0.5) is 0 Å². The maximum Gasteiger partial charge on any atom is -0.00133 e. The fourth-order valence-corrected chi connectivity index (χ4v) is 5.02. The molecule has 0 unspecified atom stereocenters. The fourth-order valence-electron chi connectivity index (χ4n) is 5.02. The minimum Gasteiger partial charge on any atom is -0.303 e. The molecule has 146 valence electrons. The van der Waals surface area contributed by atoms with Gasteiger partial charge in [-0.25, -0.2) is 0 Å². The van der Waals surface area contributed by atoms with Crippen molar-refractivity contribution in [3.63, 3.8) is 0 Å². The molecule has 0 aromatic heterocycles. The van der Waals surface area contributed by atoms with Gasteiger partial charge in [0, 0.05) is 0 Å². The van der Waals surface area contributed by atoms with Crippen molar-refractivity contribution in [3.8, 4) is 0 Å². The van der Waals surface area contributed by atoms with Gasteiger partial charge in [-0.15, -0.1) is 0 Å². The molecule has 0 bridgehead atoms. The second-order valence-corrected chi connectivity index (χ2v) is 8.75. The summed E-state index contributed by atoms with van der Waals surface area (Å²) in [5, 5.41) is 0. The zero-order valence-electron chi connectivity index (χ0n) is 17.4. The summed E-state index contributed by atoms with van der Waals surface area (Å²) in [5.74, 6) is 0.989. The molecule has 0 N–H and O–H groups in total. The highest BCUT2D eigenvalue weighted by molar-refractivity contribution is 4.94. The summed E-state index contributed by atoms with van der Waals surface area (Å²) in [4.78, 5) is 5.44. The van der Waals surface area contributed by atoms with Gasteiger partial charge in [0.1, 0.15) is 0 Å². The van der Waals surface area contributed by atoms with Gasteiger partial charge < -0.3 is 9.80 Å². The molecule has 0 aromatic rings. The molecule has 2 fully saturated rings. The molecular weight excluding hydrogens is 304 g/mol. The molecule has 2 heterocycles. The molecule has 2 rings (SSSR count). The predicted octanol–water partition coefficient (Wildman–Crippen LogP) is 5.74. The van der Waals surface area contributed by atoms with Gasteiger partial charge in [-0.3, -0.25) is 0 Å². The van der Waals surface area contributed by atoms with E-state index in [1.807, 2.05) is 0 Å². The molecule has 2 aliphatic heterocycles. The quantitative estimate of drug-likeness (QED) is 0.465. The number of piperidine rings is 2. The Kier molecular flexibility index (Phi) is 9.55. The standard InChI is InChI=1S/C23H44N2/c1-4-7-8-13-23(12-5-2)14-20-25(21-15-23)19-11-22-9-17-24(16-6-3)18-10-22/h7-8,22H,4-6,9-21H2,1-3H3/b8-7+. The van der Waals surface area contributed by atoms with Crippen molar-refractivity contribution in [1.29, 1.82) is 0 Å². The molecule has 0 aliphatic carbocycles. The molecular formula is C23H44N2. The van der Waals surface area contributed by atoms with Crippen molar-refractivity contribution in [2.75, 3.05) is 39.3 Å². The largest absolute Gasteiger partial charge is 0.303 e. The van der Waals surface area contributed by atoms with E-state index in [2.05, 4.69) is 42.7 Å². The zero-order valence-corrected chi connectivity index (χ0v) is 17.4. The van der Waals surface area contributed by atoms with Gasteiger partial charge in [0.2, 0.25) is 0 Å². The van der Waals surface area contributed by atoms with Crippen molar-refractivity contribution in [3.05, 3.63) is 12.2 Å². The first-order valence-corrected chi connectivity index (χ1v) is 11.3. The Hall–Kier alpha value is -0.340. The van der Waals surface area contributed by atoms with Crippen LogP contribution in [0, 0.1) is 11.3 Å². The molecule has 0 radical (unpaired) electrons. The van der Waals surface area contributed by atoms with Crippen LogP contribution in [0.3, 0.4) is 0 Å². The number of likely N-dealkylation sites (tertiary alicyclic amines) is 2. The summed E-state index contributed by atoms with van der Waals surface area (Å²) in [7, 11) is 0. The summed E-state index contributed by atoms with van der Waals surface area (Å²) >= 11 is 0. The van der Waals surface area contributed by atoms with Gasteiger partial charge in [-0.05, 0) is 108 Å². The minimum atomic E-state index is 0.614. The number of hydrogen-bond acceptors (Lipinski definition) is 2. The Morgan fingerprint density at radius 1 is 0.840 bits per heavy atom. The van der Waals surface area contributed by atoms with Crippen molar-refractivity contribution < 1.29 is 0 Å². The van der Waals surface area contributed by atoms with Gasteiger partial charge in [0.25, 0.3) is 0 Å². The lowest BCUT2D eigenvalue weighted by Gasteiger charge is -2.42. The first-order chi connectivity index (χ1) is 12.2. The second kappa shape index (κ2) is 11.4. The van der Waals surface area contributed by atoms with Crippen LogP contribution in [0.5, 0.6) is 0 Å². The smallest absolute Gasteiger partial charge is 0.00133 e. The molecule has 0 spiro atoms. The van der Waals surface area contributed by atoms with E-state index in [1.54, 1.807) is 0 Å². The molecule has 0 atom stereocenters. The Bertz CT molecular complexity index is 360. The van der Waals surface area contributed by atoms with Gasteiger partial charge in [0.05, 0.1) is 0 Å². The SMILES string of the molecule is CC/C=C/CC1(CCC)CCN(CCC2CCN(CCC)CC2)CC1. The molecule has 0 aromatic carbocycles. The highest BCUT2D eigenvalue weighted by Gasteiger charge is 2.32. The predicted molar refractivity (Wildman–Crippen MR) is 111 cm³/mol. The van der Waals surface area contributed by atoms with Gasteiger partial charge in [0.15, 0.2) is 0 Å². The van der Waals surface area contributed by atoms with Crippen molar-refractivity contribution in [2.45, 2.75) is 85.0 Å². The van der Waals surface area contributed by atoms with Gasteiger partial charge in [-0.1, -0.05) is 39.3 Å². The summed E-state index contributed by atoms with van der Waals surface area (Å²) < 4.78 is 0. The molecule has 0 amide bonds. The average molecular weight is 349 g/mol. The minimum absolute atomic E-state index is 0.614. The summed E-state index contributed by atoms with van der Waals surface area (Å²) in [6, 6.07) is 0. The molecule has 2 saturated heterocycles. The lowest BCUT2D eigenvalue weighted by atomic mass is 9.72. The van der Waals surface area contributed by atoms with Crippen LogP contribution in [0.2, 0.25) is 0 Å². The van der Waals surface area contributed by atoms with Crippen molar-refractivity contribution in [1.82, 2.24) is 9.80 Å². The third-order valence-electron chi connectivity index (χ3n) is 6.75. The Morgan fingerprint density at radius 3 is 2.12 bits per heavy atom. The highest BCUT2D eigenvalue weighted by Crippen LogP contribution is 2.40. The average Bonchev–Trinajstić information content (AvgIpc) is 2.63. The number of hydrogen-bond donors (Lipinski definition) is 0. The fraction of sp³-hybridized carbons (Fsp3) is 0.913. The van der Waals surface area contributed by atoms with E-state index in [0.29, 0.717) is 5.41 Å². The van der Waals surface area contributed by atoms with Crippen molar-refractivity contribution in [2.24, 2.45) is 11.3 Å².